The van der Waals surface area contributed by atoms with Gasteiger partial charge in [-0.3, -0.25) is 4.79 Å². The molecule has 5 nitrogen and oxygen atoms in total. The van der Waals surface area contributed by atoms with E-state index in [0.717, 1.165) is 18.7 Å². The molecule has 0 unspecified atom stereocenters. The maximum absolute atomic E-state index is 11.6. The minimum absolute atomic E-state index is 0. The van der Waals surface area contributed by atoms with Gasteiger partial charge in [-0.2, -0.15) is 0 Å². The Labute approximate surface area is 131 Å². The van der Waals surface area contributed by atoms with E-state index in [9.17, 15) is 4.79 Å². The van der Waals surface area contributed by atoms with E-state index in [2.05, 4.69) is 28.8 Å². The van der Waals surface area contributed by atoms with Crippen LogP contribution in [0.25, 0.3) is 0 Å². The third-order valence-corrected chi connectivity index (χ3v) is 3.30. The summed E-state index contributed by atoms with van der Waals surface area (Å²) in [5.74, 6) is 0.0149. The molecule has 0 fully saturated rings. The minimum Gasteiger partial charge on any atom is -0.382 e. The van der Waals surface area contributed by atoms with E-state index < -0.39 is 0 Å². The predicted molar refractivity (Wildman–Crippen MR) is 83.4 cm³/mol. The first-order chi connectivity index (χ1) is 9.79. The molecular weight excluding hydrogens is 292 g/mol. The van der Waals surface area contributed by atoms with Gasteiger partial charge in [0.1, 0.15) is 0 Å². The summed E-state index contributed by atoms with van der Waals surface area (Å²) in [7, 11) is 1.63. The van der Waals surface area contributed by atoms with Gasteiger partial charge in [0.2, 0.25) is 5.91 Å². The van der Waals surface area contributed by atoms with Crippen molar-refractivity contribution in [2.75, 3.05) is 26.9 Å². The number of hydrogen-bond acceptors (Lipinski definition) is 4. The van der Waals surface area contributed by atoms with E-state index in [4.69, 9.17) is 9.47 Å². The molecule has 2 N–H and O–H groups in total. The van der Waals surface area contributed by atoms with E-state index in [1.807, 2.05) is 0 Å². The second-order valence-corrected chi connectivity index (χ2v) is 4.84. The maximum Gasteiger partial charge on any atom is 0.222 e. The Morgan fingerprint density at radius 1 is 1.24 bits per heavy atom. The number of fused-ring (bicyclic) bond motifs is 1. The standard InChI is InChI=1S/C15H22N2O3.ClH/c1-19-6-7-20-5-4-15(18)17-9-12-2-3-13-10-16-11-14(13)8-12;/h2-3,8,16H,4-7,9-11H2,1H3,(H,17,18);1H. The Bertz CT molecular complexity index is 455. The molecule has 1 aromatic carbocycles. The maximum atomic E-state index is 11.6. The van der Waals surface area contributed by atoms with Crippen molar-refractivity contribution in [1.29, 1.82) is 0 Å². The minimum atomic E-state index is 0. The van der Waals surface area contributed by atoms with Gasteiger partial charge in [0.15, 0.2) is 0 Å². The Kier molecular flexibility index (Phi) is 8.30. The van der Waals surface area contributed by atoms with Crippen molar-refractivity contribution in [2.45, 2.75) is 26.1 Å². The van der Waals surface area contributed by atoms with Crippen molar-refractivity contribution in [1.82, 2.24) is 10.6 Å². The van der Waals surface area contributed by atoms with Gasteiger partial charge in [0, 0.05) is 33.2 Å². The number of hydrogen-bond donors (Lipinski definition) is 2. The quantitative estimate of drug-likeness (QED) is 0.712. The highest BCUT2D eigenvalue weighted by Gasteiger charge is 2.10. The molecule has 21 heavy (non-hydrogen) atoms. The summed E-state index contributed by atoms with van der Waals surface area (Å²) >= 11 is 0. The molecule has 1 aliphatic rings. The van der Waals surface area contributed by atoms with E-state index in [1.165, 1.54) is 11.1 Å². The molecule has 1 aromatic rings. The Morgan fingerprint density at radius 3 is 2.86 bits per heavy atom. The number of halogens is 1. The molecule has 1 amide bonds. The molecule has 0 radical (unpaired) electrons. The van der Waals surface area contributed by atoms with E-state index in [0.29, 0.717) is 32.8 Å². The van der Waals surface area contributed by atoms with Crippen LogP contribution in [0.3, 0.4) is 0 Å². The summed E-state index contributed by atoms with van der Waals surface area (Å²) in [5.41, 5.74) is 3.83. The highest BCUT2D eigenvalue weighted by Crippen LogP contribution is 2.16. The molecule has 0 saturated heterocycles. The lowest BCUT2D eigenvalue weighted by atomic mass is 10.1. The summed E-state index contributed by atoms with van der Waals surface area (Å²) in [6, 6.07) is 6.36. The molecule has 1 aliphatic heterocycles. The highest BCUT2D eigenvalue weighted by atomic mass is 35.5. The van der Waals surface area contributed by atoms with Crippen LogP contribution in [-0.4, -0.2) is 32.8 Å². The van der Waals surface area contributed by atoms with Crippen molar-refractivity contribution in [3.05, 3.63) is 34.9 Å². The predicted octanol–water partition coefficient (Wildman–Crippen LogP) is 1.38. The van der Waals surface area contributed by atoms with Crippen molar-refractivity contribution < 1.29 is 14.3 Å². The molecule has 1 heterocycles. The number of carbonyl (C=O) groups excluding carboxylic acids is 1. The fourth-order valence-corrected chi connectivity index (χ4v) is 2.16. The summed E-state index contributed by atoms with van der Waals surface area (Å²) in [6.07, 6.45) is 0.385. The van der Waals surface area contributed by atoms with Crippen LogP contribution in [0, 0.1) is 0 Å². The average Bonchev–Trinajstić information content (AvgIpc) is 2.92. The first kappa shape index (κ1) is 17.9. The van der Waals surface area contributed by atoms with Crippen LogP contribution in [0.2, 0.25) is 0 Å². The average molecular weight is 315 g/mol. The summed E-state index contributed by atoms with van der Waals surface area (Å²) in [6.45, 7) is 3.96. The molecule has 0 spiro atoms. The number of ether oxygens (including phenoxy) is 2. The highest BCUT2D eigenvalue weighted by molar-refractivity contribution is 5.85. The number of amides is 1. The first-order valence-corrected chi connectivity index (χ1v) is 6.94. The zero-order chi connectivity index (χ0) is 14.2. The molecule has 2 rings (SSSR count). The second-order valence-electron chi connectivity index (χ2n) is 4.84. The van der Waals surface area contributed by atoms with Crippen LogP contribution >= 0.6 is 12.4 Å². The third kappa shape index (κ3) is 6.01. The molecule has 118 valence electrons. The molecular formula is C15H23ClN2O3. The molecule has 0 atom stereocenters. The second kappa shape index (κ2) is 9.73. The molecule has 0 aliphatic carbocycles. The summed E-state index contributed by atoms with van der Waals surface area (Å²) in [5, 5.41) is 6.22. The van der Waals surface area contributed by atoms with Crippen LogP contribution in [0.1, 0.15) is 23.1 Å². The van der Waals surface area contributed by atoms with Gasteiger partial charge in [0.25, 0.3) is 0 Å². The fraction of sp³-hybridized carbons (Fsp3) is 0.533. The Balaban J connectivity index is 0.00000220. The zero-order valence-corrected chi connectivity index (χ0v) is 13.1. The van der Waals surface area contributed by atoms with Crippen molar-refractivity contribution in [3.8, 4) is 0 Å². The largest absolute Gasteiger partial charge is 0.382 e. The molecule has 0 aromatic heterocycles. The number of rotatable bonds is 8. The van der Waals surface area contributed by atoms with Gasteiger partial charge in [-0.15, -0.1) is 12.4 Å². The van der Waals surface area contributed by atoms with Crippen LogP contribution < -0.4 is 10.6 Å². The van der Waals surface area contributed by atoms with Gasteiger partial charge >= 0.3 is 0 Å². The van der Waals surface area contributed by atoms with Gasteiger partial charge < -0.3 is 20.1 Å². The number of methoxy groups -OCH3 is 1. The molecule has 0 bridgehead atoms. The Hall–Kier alpha value is -1.14. The monoisotopic (exact) mass is 314 g/mol. The fourth-order valence-electron chi connectivity index (χ4n) is 2.16. The van der Waals surface area contributed by atoms with Crippen LogP contribution in [0.15, 0.2) is 18.2 Å². The van der Waals surface area contributed by atoms with Crippen LogP contribution in [0.5, 0.6) is 0 Å². The van der Waals surface area contributed by atoms with Crippen molar-refractivity contribution in [3.63, 3.8) is 0 Å². The van der Waals surface area contributed by atoms with E-state index >= 15 is 0 Å². The first-order valence-electron chi connectivity index (χ1n) is 6.94. The van der Waals surface area contributed by atoms with Gasteiger partial charge in [-0.1, -0.05) is 18.2 Å². The lowest BCUT2D eigenvalue weighted by Crippen LogP contribution is -2.24. The molecule has 6 heteroatoms. The lowest BCUT2D eigenvalue weighted by molar-refractivity contribution is -0.122. The Morgan fingerprint density at radius 2 is 2.05 bits per heavy atom. The summed E-state index contributed by atoms with van der Waals surface area (Å²) < 4.78 is 10.1. The van der Waals surface area contributed by atoms with Crippen LogP contribution in [0.4, 0.5) is 0 Å². The number of nitrogens with one attached hydrogen (secondary N) is 2. The third-order valence-electron chi connectivity index (χ3n) is 3.30. The zero-order valence-electron chi connectivity index (χ0n) is 12.3. The SMILES string of the molecule is COCCOCCC(=O)NCc1ccc2c(c1)CNC2.Cl. The van der Waals surface area contributed by atoms with Gasteiger partial charge in [0.05, 0.1) is 19.8 Å². The molecule has 0 saturated carbocycles. The van der Waals surface area contributed by atoms with E-state index in [1.54, 1.807) is 7.11 Å². The smallest absolute Gasteiger partial charge is 0.222 e. The normalized spacial score (nSPS) is 12.6. The number of carbonyl (C=O) groups is 1. The van der Waals surface area contributed by atoms with Gasteiger partial charge in [-0.25, -0.2) is 0 Å². The van der Waals surface area contributed by atoms with E-state index in [-0.39, 0.29) is 18.3 Å². The summed E-state index contributed by atoms with van der Waals surface area (Å²) in [4.78, 5) is 11.6. The topological polar surface area (TPSA) is 59.6 Å². The number of benzene rings is 1. The van der Waals surface area contributed by atoms with Gasteiger partial charge in [-0.05, 0) is 16.7 Å². The van der Waals surface area contributed by atoms with Crippen molar-refractivity contribution in [2.24, 2.45) is 0 Å². The van der Waals surface area contributed by atoms with Crippen molar-refractivity contribution >= 4 is 18.3 Å². The lowest BCUT2D eigenvalue weighted by Gasteiger charge is -2.07. The van der Waals surface area contributed by atoms with Crippen LogP contribution in [-0.2, 0) is 33.9 Å².